The van der Waals surface area contributed by atoms with Crippen LogP contribution in [0.15, 0.2) is 4.79 Å². The zero-order chi connectivity index (χ0) is 7.02. The van der Waals surface area contributed by atoms with Gasteiger partial charge in [-0.3, -0.25) is 8.75 Å². The fourth-order valence-electron chi connectivity index (χ4n) is 0.702. The van der Waals surface area contributed by atoms with Crippen molar-refractivity contribution in [1.29, 1.82) is 0 Å². The second kappa shape index (κ2) is 1.99. The Bertz CT molecular complexity index is 271. The van der Waals surface area contributed by atoms with Gasteiger partial charge in [0.2, 0.25) is 0 Å². The van der Waals surface area contributed by atoms with Gasteiger partial charge in [0.1, 0.15) is 0 Å². The van der Waals surface area contributed by atoms with E-state index in [9.17, 15) is 4.79 Å². The summed E-state index contributed by atoms with van der Waals surface area (Å²) >= 11 is 1.50. The van der Waals surface area contributed by atoms with Gasteiger partial charge < -0.3 is 0 Å². The Kier molecular flexibility index (Phi) is 1.45. The molecule has 0 unspecified atom stereocenters. The molecule has 2 nitrogen and oxygen atoms in total. The van der Waals surface area contributed by atoms with Crippen molar-refractivity contribution in [2.24, 2.45) is 7.05 Å². The molecule has 0 radical (unpaired) electrons. The Labute approximate surface area is 57.9 Å². The molecular formula is C6H9NOS. The van der Waals surface area contributed by atoms with Crippen LogP contribution in [0.25, 0.3) is 0 Å². The molecule has 1 rings (SSSR count). The smallest absolute Gasteiger partial charge is 0.263 e. The lowest BCUT2D eigenvalue weighted by Crippen LogP contribution is -2.10. The summed E-state index contributed by atoms with van der Waals surface area (Å²) in [5, 5.41) is 0. The molecule has 0 saturated heterocycles. The summed E-state index contributed by atoms with van der Waals surface area (Å²) in [5.74, 6) is 0. The van der Waals surface area contributed by atoms with Crippen molar-refractivity contribution in [3.63, 3.8) is 0 Å². The van der Waals surface area contributed by atoms with E-state index in [1.54, 1.807) is 11.0 Å². The molecule has 1 aromatic heterocycles. The Morgan fingerprint density at radius 3 is 2.11 bits per heavy atom. The minimum atomic E-state index is 0.137. The van der Waals surface area contributed by atoms with Gasteiger partial charge in [0.25, 0.3) is 5.56 Å². The predicted molar refractivity (Wildman–Crippen MR) is 39.0 cm³/mol. The van der Waals surface area contributed by atoms with Crippen LogP contribution >= 0.6 is 11.5 Å². The van der Waals surface area contributed by atoms with Crippen molar-refractivity contribution in [1.82, 2.24) is 3.96 Å². The van der Waals surface area contributed by atoms with Crippen LogP contribution in [0.5, 0.6) is 0 Å². The maximum atomic E-state index is 11.0. The van der Waals surface area contributed by atoms with Crippen LogP contribution in [0.3, 0.4) is 0 Å². The standard InChI is InChI=1S/C6H9NOS/c1-4-5(2)9-7(3)6(4)8/h1-3H3. The quantitative estimate of drug-likeness (QED) is 0.532. The zero-order valence-electron chi connectivity index (χ0n) is 5.76. The van der Waals surface area contributed by atoms with Crippen molar-refractivity contribution < 1.29 is 0 Å². The minimum Gasteiger partial charge on any atom is -0.268 e. The number of rotatable bonds is 0. The number of nitrogens with zero attached hydrogens (tertiary/aromatic N) is 1. The van der Waals surface area contributed by atoms with Gasteiger partial charge >= 0.3 is 0 Å². The van der Waals surface area contributed by atoms with Gasteiger partial charge in [-0.2, -0.15) is 0 Å². The van der Waals surface area contributed by atoms with Crippen molar-refractivity contribution in [3.8, 4) is 0 Å². The van der Waals surface area contributed by atoms with Gasteiger partial charge in [-0.05, 0) is 13.8 Å². The van der Waals surface area contributed by atoms with E-state index in [0.29, 0.717) is 0 Å². The molecule has 0 N–H and O–H groups in total. The first-order valence-electron chi connectivity index (χ1n) is 2.76. The largest absolute Gasteiger partial charge is 0.268 e. The summed E-state index contributed by atoms with van der Waals surface area (Å²) in [6, 6.07) is 0. The summed E-state index contributed by atoms with van der Waals surface area (Å²) in [4.78, 5) is 12.1. The molecule has 1 aromatic rings. The maximum absolute atomic E-state index is 11.0. The Morgan fingerprint density at radius 1 is 1.44 bits per heavy atom. The average Bonchev–Trinajstić information content (AvgIpc) is 1.98. The monoisotopic (exact) mass is 143 g/mol. The molecule has 0 atom stereocenters. The van der Waals surface area contributed by atoms with E-state index in [4.69, 9.17) is 0 Å². The van der Waals surface area contributed by atoms with Crippen LogP contribution in [0.4, 0.5) is 0 Å². The number of hydrogen-bond acceptors (Lipinski definition) is 2. The van der Waals surface area contributed by atoms with E-state index in [2.05, 4.69) is 0 Å². The van der Waals surface area contributed by atoms with Gasteiger partial charge in [0.15, 0.2) is 0 Å². The van der Waals surface area contributed by atoms with Gasteiger partial charge in [-0.1, -0.05) is 11.5 Å². The van der Waals surface area contributed by atoms with Crippen LogP contribution < -0.4 is 5.56 Å². The first-order chi connectivity index (χ1) is 4.13. The first kappa shape index (κ1) is 6.55. The van der Waals surface area contributed by atoms with E-state index in [1.807, 2.05) is 13.8 Å². The average molecular weight is 143 g/mol. The molecule has 50 valence electrons. The van der Waals surface area contributed by atoms with Crippen molar-refractivity contribution in [2.45, 2.75) is 13.8 Å². The SMILES string of the molecule is Cc1sn(C)c(=O)c1C. The van der Waals surface area contributed by atoms with Gasteiger partial charge in [0, 0.05) is 17.5 Å². The number of hydrogen-bond donors (Lipinski definition) is 0. The van der Waals surface area contributed by atoms with E-state index >= 15 is 0 Å². The van der Waals surface area contributed by atoms with Crippen molar-refractivity contribution >= 4 is 11.5 Å². The third-order valence-electron chi connectivity index (χ3n) is 1.41. The molecular weight excluding hydrogens is 134 g/mol. The molecule has 0 spiro atoms. The highest BCUT2D eigenvalue weighted by Gasteiger charge is 2.01. The van der Waals surface area contributed by atoms with Gasteiger partial charge in [0.05, 0.1) is 0 Å². The van der Waals surface area contributed by atoms with Crippen molar-refractivity contribution in [2.75, 3.05) is 0 Å². The minimum absolute atomic E-state index is 0.137. The third kappa shape index (κ3) is 0.920. The molecule has 0 aliphatic carbocycles. The predicted octanol–water partition coefficient (Wildman–Crippen LogP) is 1.06. The fraction of sp³-hybridized carbons (Fsp3) is 0.500. The highest BCUT2D eigenvalue weighted by atomic mass is 32.1. The molecule has 0 aromatic carbocycles. The molecule has 9 heavy (non-hydrogen) atoms. The zero-order valence-corrected chi connectivity index (χ0v) is 6.58. The number of aromatic nitrogens is 1. The molecule has 0 bridgehead atoms. The summed E-state index contributed by atoms with van der Waals surface area (Å²) in [6.07, 6.45) is 0. The molecule has 3 heteroatoms. The second-order valence-electron chi connectivity index (χ2n) is 2.08. The maximum Gasteiger partial charge on any atom is 0.263 e. The summed E-state index contributed by atoms with van der Waals surface area (Å²) in [7, 11) is 1.78. The van der Waals surface area contributed by atoms with Crippen LogP contribution in [0.1, 0.15) is 10.4 Å². The van der Waals surface area contributed by atoms with Crippen LogP contribution in [-0.4, -0.2) is 3.96 Å². The Hall–Kier alpha value is -0.570. The second-order valence-corrected chi connectivity index (χ2v) is 3.42. The molecule has 0 amide bonds. The molecule has 0 aliphatic heterocycles. The lowest BCUT2D eigenvalue weighted by molar-refractivity contribution is 0.969. The topological polar surface area (TPSA) is 22.0 Å². The lowest BCUT2D eigenvalue weighted by Gasteiger charge is -1.78. The van der Waals surface area contributed by atoms with Crippen LogP contribution in [-0.2, 0) is 7.05 Å². The van der Waals surface area contributed by atoms with Crippen LogP contribution in [0.2, 0.25) is 0 Å². The van der Waals surface area contributed by atoms with Crippen molar-refractivity contribution in [3.05, 3.63) is 20.8 Å². The summed E-state index contributed by atoms with van der Waals surface area (Å²) in [5.41, 5.74) is 1.01. The molecule has 0 saturated carbocycles. The molecule has 1 heterocycles. The Morgan fingerprint density at radius 2 is 2.00 bits per heavy atom. The number of aryl methyl sites for hydroxylation is 2. The molecule has 0 aliphatic rings. The normalized spacial score (nSPS) is 10.1. The van der Waals surface area contributed by atoms with Gasteiger partial charge in [-0.15, -0.1) is 0 Å². The molecule has 0 fully saturated rings. The third-order valence-corrected chi connectivity index (χ3v) is 2.43. The van der Waals surface area contributed by atoms with E-state index in [-0.39, 0.29) is 5.56 Å². The van der Waals surface area contributed by atoms with Gasteiger partial charge in [-0.25, -0.2) is 0 Å². The summed E-state index contributed by atoms with van der Waals surface area (Å²) in [6.45, 7) is 3.82. The van der Waals surface area contributed by atoms with E-state index in [0.717, 1.165) is 10.4 Å². The lowest BCUT2D eigenvalue weighted by atomic mass is 10.3. The van der Waals surface area contributed by atoms with E-state index in [1.165, 1.54) is 11.5 Å². The summed E-state index contributed by atoms with van der Waals surface area (Å²) < 4.78 is 1.64. The highest BCUT2D eigenvalue weighted by Crippen LogP contribution is 2.06. The fourth-order valence-corrected chi connectivity index (χ4v) is 1.56. The van der Waals surface area contributed by atoms with Crippen LogP contribution in [0, 0.1) is 13.8 Å². The first-order valence-corrected chi connectivity index (χ1v) is 3.54. The van der Waals surface area contributed by atoms with E-state index < -0.39 is 0 Å². The highest BCUT2D eigenvalue weighted by molar-refractivity contribution is 7.06. The Balaban J connectivity index is 3.48.